The van der Waals surface area contributed by atoms with Crippen LogP contribution in [0.3, 0.4) is 0 Å². The number of amides is 1. The third-order valence-corrected chi connectivity index (χ3v) is 6.87. The molecule has 1 aliphatic heterocycles. The van der Waals surface area contributed by atoms with Crippen LogP contribution in [0.25, 0.3) is 0 Å². The maximum absolute atomic E-state index is 13.0. The highest BCUT2D eigenvalue weighted by atomic mass is 32.1. The van der Waals surface area contributed by atoms with Gasteiger partial charge in [-0.1, -0.05) is 42.5 Å². The van der Waals surface area contributed by atoms with Gasteiger partial charge in [-0.15, -0.1) is 11.3 Å². The minimum atomic E-state index is 0.0627. The van der Waals surface area contributed by atoms with E-state index in [4.69, 9.17) is 0 Å². The van der Waals surface area contributed by atoms with Crippen LogP contribution in [0.5, 0.6) is 0 Å². The lowest BCUT2D eigenvalue weighted by Gasteiger charge is -2.22. The van der Waals surface area contributed by atoms with Gasteiger partial charge in [0.25, 0.3) is 0 Å². The lowest BCUT2D eigenvalue weighted by molar-refractivity contribution is -0.117. The summed E-state index contributed by atoms with van der Waals surface area (Å²) in [6, 6.07) is 19.4. The Morgan fingerprint density at radius 1 is 1.00 bits per heavy atom. The molecule has 3 nitrogen and oxygen atoms in total. The zero-order valence-corrected chi connectivity index (χ0v) is 16.7. The van der Waals surface area contributed by atoms with Crippen LogP contribution < -0.4 is 10.2 Å². The van der Waals surface area contributed by atoms with Crippen LogP contribution in [-0.4, -0.2) is 19.0 Å². The summed E-state index contributed by atoms with van der Waals surface area (Å²) >= 11 is 1.74. The lowest BCUT2D eigenvalue weighted by atomic mass is 10.00. The number of aryl methyl sites for hydroxylation is 2. The van der Waals surface area contributed by atoms with Gasteiger partial charge in [-0.25, -0.2) is 0 Å². The molecular formula is C24H24N2OS. The van der Waals surface area contributed by atoms with E-state index in [9.17, 15) is 4.79 Å². The van der Waals surface area contributed by atoms with Crippen molar-refractivity contribution < 1.29 is 4.79 Å². The smallest absolute Gasteiger partial charge is 0.240 e. The monoisotopic (exact) mass is 388 g/mol. The fourth-order valence-electron chi connectivity index (χ4n) is 4.49. The van der Waals surface area contributed by atoms with Crippen molar-refractivity contribution in [3.63, 3.8) is 0 Å². The number of benzene rings is 2. The molecule has 1 amide bonds. The van der Waals surface area contributed by atoms with Crippen LogP contribution in [0.4, 0.5) is 5.69 Å². The summed E-state index contributed by atoms with van der Waals surface area (Å²) in [5.41, 5.74) is 6.56. The van der Waals surface area contributed by atoms with Gasteiger partial charge in [0.1, 0.15) is 0 Å². The number of anilines is 1. The first kappa shape index (κ1) is 17.7. The number of fused-ring (bicyclic) bond motifs is 2. The molecule has 1 unspecified atom stereocenters. The molecule has 2 heterocycles. The fourth-order valence-corrected chi connectivity index (χ4v) is 5.32. The Morgan fingerprint density at radius 3 is 2.79 bits per heavy atom. The Morgan fingerprint density at radius 2 is 1.89 bits per heavy atom. The summed E-state index contributed by atoms with van der Waals surface area (Å²) < 4.78 is 0. The van der Waals surface area contributed by atoms with E-state index in [-0.39, 0.29) is 11.9 Å². The largest absolute Gasteiger partial charge is 0.311 e. The molecule has 3 aromatic rings. The summed E-state index contributed by atoms with van der Waals surface area (Å²) in [6.45, 7) is 1.12. The van der Waals surface area contributed by atoms with Gasteiger partial charge in [0.2, 0.25) is 5.91 Å². The van der Waals surface area contributed by atoms with Crippen LogP contribution >= 0.6 is 11.3 Å². The number of thiophene rings is 1. The van der Waals surface area contributed by atoms with Crippen LogP contribution in [0.1, 0.15) is 39.6 Å². The van der Waals surface area contributed by atoms with Crippen molar-refractivity contribution in [2.75, 3.05) is 18.0 Å². The molecule has 0 saturated heterocycles. The third kappa shape index (κ3) is 3.27. The second kappa shape index (κ2) is 7.53. The summed E-state index contributed by atoms with van der Waals surface area (Å²) in [5, 5.41) is 5.66. The van der Waals surface area contributed by atoms with Crippen LogP contribution in [0, 0.1) is 0 Å². The Kier molecular flexibility index (Phi) is 4.75. The first-order valence-corrected chi connectivity index (χ1v) is 10.9. The van der Waals surface area contributed by atoms with Crippen molar-refractivity contribution >= 4 is 22.9 Å². The van der Waals surface area contributed by atoms with E-state index in [2.05, 4.69) is 53.2 Å². The van der Waals surface area contributed by atoms with E-state index in [1.807, 2.05) is 17.0 Å². The van der Waals surface area contributed by atoms with Crippen molar-refractivity contribution in [2.45, 2.75) is 31.7 Å². The van der Waals surface area contributed by atoms with Crippen molar-refractivity contribution in [1.82, 2.24) is 5.32 Å². The molecule has 1 aliphatic carbocycles. The molecule has 0 bridgehead atoms. The summed E-state index contributed by atoms with van der Waals surface area (Å²) in [5.74, 6) is 0.146. The molecule has 0 saturated carbocycles. The Bertz CT molecular complexity index is 996. The molecule has 2 aromatic carbocycles. The zero-order valence-electron chi connectivity index (χ0n) is 15.9. The molecule has 28 heavy (non-hydrogen) atoms. The first-order chi connectivity index (χ1) is 13.8. The molecule has 0 spiro atoms. The molecule has 1 atom stereocenters. The normalized spacial score (nSPS) is 16.1. The number of nitrogens with one attached hydrogen (secondary N) is 1. The van der Waals surface area contributed by atoms with Gasteiger partial charge in [0.05, 0.1) is 12.6 Å². The number of nitrogens with zero attached hydrogens (tertiary/aromatic N) is 1. The van der Waals surface area contributed by atoms with Gasteiger partial charge < -0.3 is 4.90 Å². The molecule has 0 radical (unpaired) electrons. The number of carbonyl (C=O) groups excluding carboxylic acids is 1. The second-order valence-electron chi connectivity index (χ2n) is 7.64. The first-order valence-electron chi connectivity index (χ1n) is 10.1. The topological polar surface area (TPSA) is 32.3 Å². The Labute approximate surface area is 170 Å². The Balaban J connectivity index is 1.36. The quantitative estimate of drug-likeness (QED) is 0.698. The van der Waals surface area contributed by atoms with E-state index >= 15 is 0 Å². The lowest BCUT2D eigenvalue weighted by Crippen LogP contribution is -2.38. The van der Waals surface area contributed by atoms with E-state index in [0.29, 0.717) is 6.54 Å². The highest BCUT2D eigenvalue weighted by Gasteiger charge is 2.25. The average Bonchev–Trinajstić information content (AvgIpc) is 3.47. The molecule has 1 aromatic heterocycles. The fraction of sp³-hybridized carbons (Fsp3) is 0.292. The maximum Gasteiger partial charge on any atom is 0.240 e. The predicted molar refractivity (Wildman–Crippen MR) is 115 cm³/mol. The SMILES string of the molecule is O=C(CNC(c1ccc2c(c1)CCC2)c1cccs1)N1CCc2ccccc21. The average molecular weight is 389 g/mol. The number of carbonyl (C=O) groups is 1. The minimum absolute atomic E-state index is 0.0627. The summed E-state index contributed by atoms with van der Waals surface area (Å²) in [6.07, 6.45) is 4.56. The van der Waals surface area contributed by atoms with Crippen LogP contribution in [0.15, 0.2) is 60.0 Å². The summed E-state index contributed by atoms with van der Waals surface area (Å²) in [7, 11) is 0. The van der Waals surface area contributed by atoms with Crippen molar-refractivity contribution in [2.24, 2.45) is 0 Å². The molecule has 1 N–H and O–H groups in total. The standard InChI is InChI=1S/C24H24N2OS/c27-23(26-13-12-18-5-1-2-8-21(18)26)16-25-24(22-9-4-14-28-22)20-11-10-17-6-3-7-19(17)15-20/h1-2,4-5,8-11,14-15,24-25H,3,6-7,12-13,16H2. The summed E-state index contributed by atoms with van der Waals surface area (Å²) in [4.78, 5) is 16.2. The maximum atomic E-state index is 13.0. The molecular weight excluding hydrogens is 364 g/mol. The van der Waals surface area contributed by atoms with Gasteiger partial charge in [-0.05, 0) is 65.4 Å². The molecule has 0 fully saturated rings. The van der Waals surface area contributed by atoms with E-state index in [1.165, 1.54) is 46.4 Å². The van der Waals surface area contributed by atoms with Gasteiger partial charge in [0, 0.05) is 17.1 Å². The molecule has 5 rings (SSSR count). The van der Waals surface area contributed by atoms with Crippen molar-refractivity contribution in [3.05, 3.63) is 87.1 Å². The molecule has 2 aliphatic rings. The second-order valence-corrected chi connectivity index (χ2v) is 8.61. The third-order valence-electron chi connectivity index (χ3n) is 5.93. The number of hydrogen-bond donors (Lipinski definition) is 1. The van der Waals surface area contributed by atoms with Crippen LogP contribution in [0.2, 0.25) is 0 Å². The number of para-hydroxylation sites is 1. The minimum Gasteiger partial charge on any atom is -0.311 e. The van der Waals surface area contributed by atoms with Crippen LogP contribution in [-0.2, 0) is 24.1 Å². The number of rotatable bonds is 5. The predicted octanol–water partition coefficient (Wildman–Crippen LogP) is 4.51. The zero-order chi connectivity index (χ0) is 18.9. The number of hydrogen-bond acceptors (Lipinski definition) is 3. The highest BCUT2D eigenvalue weighted by molar-refractivity contribution is 7.10. The van der Waals surface area contributed by atoms with E-state index in [0.717, 1.165) is 18.7 Å². The van der Waals surface area contributed by atoms with Gasteiger partial charge in [-0.3, -0.25) is 10.1 Å². The highest BCUT2D eigenvalue weighted by Crippen LogP contribution is 2.31. The van der Waals surface area contributed by atoms with Gasteiger partial charge >= 0.3 is 0 Å². The van der Waals surface area contributed by atoms with Crippen molar-refractivity contribution in [1.29, 1.82) is 0 Å². The van der Waals surface area contributed by atoms with Crippen molar-refractivity contribution in [3.8, 4) is 0 Å². The molecule has 4 heteroatoms. The molecule has 142 valence electrons. The Hall–Kier alpha value is -2.43. The van der Waals surface area contributed by atoms with E-state index < -0.39 is 0 Å². The van der Waals surface area contributed by atoms with Gasteiger partial charge in [0.15, 0.2) is 0 Å². The van der Waals surface area contributed by atoms with Gasteiger partial charge in [-0.2, -0.15) is 0 Å². The van der Waals surface area contributed by atoms with E-state index in [1.54, 1.807) is 11.3 Å².